The third-order valence-electron chi connectivity index (χ3n) is 3.55. The van der Waals surface area contributed by atoms with Crippen LogP contribution in [0.15, 0.2) is 41.3 Å². The molecule has 0 aromatic heterocycles. The lowest BCUT2D eigenvalue weighted by atomic mass is 10.1. The topological polar surface area (TPSA) is 84.5 Å². The average Bonchev–Trinajstić information content (AvgIpc) is 2.53. The average molecular weight is 417 g/mol. The molecule has 1 atom stereocenters. The van der Waals surface area contributed by atoms with Gasteiger partial charge in [0.15, 0.2) is 0 Å². The molecule has 0 saturated heterocycles. The van der Waals surface area contributed by atoms with E-state index in [1.807, 2.05) is 0 Å². The maximum atomic E-state index is 12.7. The number of rotatable bonds is 6. The first-order valence-corrected chi connectivity index (χ1v) is 9.81. The maximum absolute atomic E-state index is 12.7. The van der Waals surface area contributed by atoms with Crippen molar-refractivity contribution >= 4 is 44.8 Å². The fraction of sp³-hybridized carbons (Fsp3) is 0.235. The van der Waals surface area contributed by atoms with Gasteiger partial charge in [0, 0.05) is 29.1 Å². The SMILES string of the molecule is COc1cc(S(=O)(=O)N[C@@H](C)c2ccc(Cl)cc2Cl)ccc1NC(C)=O. The van der Waals surface area contributed by atoms with Crippen molar-refractivity contribution in [3.63, 3.8) is 0 Å². The van der Waals surface area contributed by atoms with Crippen molar-refractivity contribution in [2.45, 2.75) is 24.8 Å². The number of hydrogen-bond donors (Lipinski definition) is 2. The highest BCUT2D eigenvalue weighted by atomic mass is 35.5. The molecule has 0 bridgehead atoms. The maximum Gasteiger partial charge on any atom is 0.241 e. The minimum absolute atomic E-state index is 0.000359. The second-order valence-electron chi connectivity index (χ2n) is 5.55. The van der Waals surface area contributed by atoms with Crippen molar-refractivity contribution in [2.24, 2.45) is 0 Å². The third-order valence-corrected chi connectivity index (χ3v) is 5.66. The van der Waals surface area contributed by atoms with Crippen molar-refractivity contribution in [1.29, 1.82) is 0 Å². The monoisotopic (exact) mass is 416 g/mol. The zero-order valence-electron chi connectivity index (χ0n) is 14.3. The first-order valence-electron chi connectivity index (χ1n) is 7.57. The van der Waals surface area contributed by atoms with Gasteiger partial charge in [-0.15, -0.1) is 0 Å². The van der Waals surface area contributed by atoms with E-state index in [-0.39, 0.29) is 16.6 Å². The van der Waals surface area contributed by atoms with Crippen LogP contribution in [0.4, 0.5) is 5.69 Å². The second-order valence-corrected chi connectivity index (χ2v) is 8.11. The summed E-state index contributed by atoms with van der Waals surface area (Å²) in [7, 11) is -2.46. The predicted molar refractivity (Wildman–Crippen MR) is 102 cm³/mol. The molecule has 140 valence electrons. The number of nitrogens with one attached hydrogen (secondary N) is 2. The molecule has 0 saturated carbocycles. The van der Waals surface area contributed by atoms with Gasteiger partial charge in [-0.3, -0.25) is 4.79 Å². The number of anilines is 1. The van der Waals surface area contributed by atoms with Crippen LogP contribution in [0.3, 0.4) is 0 Å². The summed E-state index contributed by atoms with van der Waals surface area (Å²) < 4.78 is 33.1. The molecule has 0 aliphatic rings. The van der Waals surface area contributed by atoms with Crippen molar-refractivity contribution in [1.82, 2.24) is 4.72 Å². The molecule has 0 heterocycles. The van der Waals surface area contributed by atoms with Crippen molar-refractivity contribution in [3.05, 3.63) is 52.0 Å². The molecule has 2 N–H and O–H groups in total. The molecule has 9 heteroatoms. The zero-order valence-corrected chi connectivity index (χ0v) is 16.7. The third kappa shape index (κ3) is 4.88. The molecule has 1 amide bonds. The minimum atomic E-state index is -3.85. The Balaban J connectivity index is 2.30. The van der Waals surface area contributed by atoms with Crippen LogP contribution < -0.4 is 14.8 Å². The van der Waals surface area contributed by atoms with E-state index in [0.717, 1.165) is 0 Å². The Hall–Kier alpha value is -1.80. The molecule has 0 aliphatic carbocycles. The highest BCUT2D eigenvalue weighted by Gasteiger charge is 2.21. The van der Waals surface area contributed by atoms with Crippen molar-refractivity contribution in [2.75, 3.05) is 12.4 Å². The van der Waals surface area contributed by atoms with Crippen LogP contribution in [0.2, 0.25) is 10.0 Å². The van der Waals surface area contributed by atoms with Crippen LogP contribution in [0.25, 0.3) is 0 Å². The van der Waals surface area contributed by atoms with Gasteiger partial charge in [-0.05, 0) is 36.8 Å². The molecule has 2 aromatic carbocycles. The molecule has 0 aliphatic heterocycles. The smallest absolute Gasteiger partial charge is 0.241 e. The number of halogens is 2. The Bertz CT molecular complexity index is 932. The van der Waals surface area contributed by atoms with Gasteiger partial charge >= 0.3 is 0 Å². The van der Waals surface area contributed by atoms with E-state index in [2.05, 4.69) is 10.0 Å². The Morgan fingerprint density at radius 3 is 2.42 bits per heavy atom. The summed E-state index contributed by atoms with van der Waals surface area (Å²) in [5.41, 5.74) is 0.981. The van der Waals surface area contributed by atoms with Crippen molar-refractivity contribution < 1.29 is 17.9 Å². The van der Waals surface area contributed by atoms with Crippen LogP contribution in [0.5, 0.6) is 5.75 Å². The largest absolute Gasteiger partial charge is 0.495 e. The van der Waals surface area contributed by atoms with Gasteiger partial charge in [-0.2, -0.15) is 0 Å². The summed E-state index contributed by atoms with van der Waals surface area (Å²) >= 11 is 12.0. The summed E-state index contributed by atoms with van der Waals surface area (Å²) in [6.07, 6.45) is 0. The number of amides is 1. The quantitative estimate of drug-likeness (QED) is 0.744. The lowest BCUT2D eigenvalue weighted by Crippen LogP contribution is -2.27. The van der Waals surface area contributed by atoms with Gasteiger partial charge in [-0.25, -0.2) is 13.1 Å². The number of carbonyl (C=O) groups is 1. The van der Waals surface area contributed by atoms with Gasteiger partial charge in [0.25, 0.3) is 0 Å². The molecular weight excluding hydrogens is 399 g/mol. The van der Waals surface area contributed by atoms with Crippen LogP contribution in [-0.4, -0.2) is 21.4 Å². The van der Waals surface area contributed by atoms with Crippen LogP contribution in [0.1, 0.15) is 25.5 Å². The Labute approximate surface area is 162 Å². The molecule has 0 radical (unpaired) electrons. The fourth-order valence-corrected chi connectivity index (χ4v) is 4.16. The van der Waals surface area contributed by atoms with Gasteiger partial charge in [0.1, 0.15) is 5.75 Å². The predicted octanol–water partition coefficient (Wildman–Crippen LogP) is 4.00. The standard InChI is InChI=1S/C17H18Cl2N2O4S/c1-10(14-6-4-12(18)8-15(14)19)21-26(23,24)13-5-7-16(20-11(2)22)17(9-13)25-3/h4-10,21H,1-3H3,(H,20,22)/t10-/m0/s1. The summed E-state index contributed by atoms with van der Waals surface area (Å²) in [6, 6.07) is 8.46. The molecule has 2 aromatic rings. The fourth-order valence-electron chi connectivity index (χ4n) is 2.35. The second kappa shape index (κ2) is 8.26. The van der Waals surface area contributed by atoms with E-state index < -0.39 is 16.1 Å². The summed E-state index contributed by atoms with van der Waals surface area (Å²) in [4.78, 5) is 11.2. The summed E-state index contributed by atoms with van der Waals surface area (Å²) in [6.45, 7) is 3.03. The van der Waals surface area contributed by atoms with Crippen LogP contribution >= 0.6 is 23.2 Å². The number of benzene rings is 2. The highest BCUT2D eigenvalue weighted by Crippen LogP contribution is 2.30. The van der Waals surface area contributed by atoms with Crippen molar-refractivity contribution in [3.8, 4) is 5.75 Å². The number of ether oxygens (including phenoxy) is 1. The normalized spacial score (nSPS) is 12.5. The van der Waals surface area contributed by atoms with E-state index in [9.17, 15) is 13.2 Å². The van der Waals surface area contributed by atoms with E-state index >= 15 is 0 Å². The molecular formula is C17H18Cl2N2O4S. The highest BCUT2D eigenvalue weighted by molar-refractivity contribution is 7.89. The van der Waals surface area contributed by atoms with Crippen LogP contribution in [-0.2, 0) is 14.8 Å². The first-order chi connectivity index (χ1) is 12.1. The summed E-state index contributed by atoms with van der Waals surface area (Å²) in [5, 5.41) is 3.41. The van der Waals surface area contributed by atoms with E-state index in [0.29, 0.717) is 21.3 Å². The zero-order chi connectivity index (χ0) is 19.5. The van der Waals surface area contributed by atoms with Gasteiger partial charge in [0.2, 0.25) is 15.9 Å². The van der Waals surface area contributed by atoms with Gasteiger partial charge < -0.3 is 10.1 Å². The van der Waals surface area contributed by atoms with E-state index in [1.165, 1.54) is 32.2 Å². The lowest BCUT2D eigenvalue weighted by molar-refractivity contribution is -0.114. The van der Waals surface area contributed by atoms with Gasteiger partial charge in [0.05, 0.1) is 17.7 Å². The minimum Gasteiger partial charge on any atom is -0.495 e. The van der Waals surface area contributed by atoms with Gasteiger partial charge in [-0.1, -0.05) is 29.3 Å². The Morgan fingerprint density at radius 2 is 1.85 bits per heavy atom. The molecule has 2 rings (SSSR count). The number of carbonyl (C=O) groups excluding carboxylic acids is 1. The Morgan fingerprint density at radius 1 is 1.15 bits per heavy atom. The molecule has 26 heavy (non-hydrogen) atoms. The lowest BCUT2D eigenvalue weighted by Gasteiger charge is -2.17. The molecule has 0 fully saturated rings. The number of sulfonamides is 1. The van der Waals surface area contributed by atoms with E-state index in [4.69, 9.17) is 27.9 Å². The van der Waals surface area contributed by atoms with Crippen LogP contribution in [0, 0.1) is 0 Å². The molecule has 6 nitrogen and oxygen atoms in total. The summed E-state index contributed by atoms with van der Waals surface area (Å²) in [5.74, 6) is -0.0525. The first kappa shape index (κ1) is 20.5. The molecule has 0 spiro atoms. The van der Waals surface area contributed by atoms with E-state index in [1.54, 1.807) is 25.1 Å². The number of hydrogen-bond acceptors (Lipinski definition) is 4. The molecule has 0 unspecified atom stereocenters. The Kier molecular flexibility index (Phi) is 6.52. The number of methoxy groups -OCH3 is 1.